The number of sulfonamides is 1. The van der Waals surface area contributed by atoms with Crippen molar-refractivity contribution in [3.63, 3.8) is 0 Å². The van der Waals surface area contributed by atoms with Gasteiger partial charge >= 0.3 is 0 Å². The predicted octanol–water partition coefficient (Wildman–Crippen LogP) is 2.25. The first-order valence-electron chi connectivity index (χ1n) is 7.42. The zero-order valence-electron chi connectivity index (χ0n) is 14.2. The van der Waals surface area contributed by atoms with Crippen molar-refractivity contribution in [2.75, 3.05) is 6.54 Å². The number of nitro groups is 1. The molecule has 1 unspecified atom stereocenters. The van der Waals surface area contributed by atoms with Gasteiger partial charge in [-0.2, -0.15) is 0 Å². The molecule has 1 aromatic carbocycles. The summed E-state index contributed by atoms with van der Waals surface area (Å²) in [5, 5.41) is 11.3. The number of benzene rings is 1. The van der Waals surface area contributed by atoms with Crippen LogP contribution in [0.25, 0.3) is 0 Å². The first-order chi connectivity index (χ1) is 10.4. The van der Waals surface area contributed by atoms with Gasteiger partial charge in [0.05, 0.1) is 4.92 Å². The number of nitro benzene ring substituents is 1. The minimum absolute atomic E-state index is 0.100. The topological polar surface area (TPSA) is 115 Å². The molecule has 1 aromatic rings. The van der Waals surface area contributed by atoms with Gasteiger partial charge in [0.15, 0.2) is 4.90 Å². The molecule has 0 heterocycles. The Hall–Kier alpha value is -1.51. The van der Waals surface area contributed by atoms with E-state index in [1.807, 2.05) is 13.8 Å². The van der Waals surface area contributed by atoms with Gasteiger partial charge in [0, 0.05) is 17.6 Å². The molecule has 23 heavy (non-hydrogen) atoms. The minimum Gasteiger partial charge on any atom is -0.329 e. The second kappa shape index (κ2) is 6.94. The van der Waals surface area contributed by atoms with Crippen LogP contribution < -0.4 is 10.5 Å². The Morgan fingerprint density at radius 2 is 1.83 bits per heavy atom. The number of nitrogens with two attached hydrogens (primary N) is 1. The molecule has 1 atom stereocenters. The molecule has 0 fully saturated rings. The molecule has 0 radical (unpaired) electrons. The average molecular weight is 343 g/mol. The minimum atomic E-state index is -4.08. The van der Waals surface area contributed by atoms with Crippen molar-refractivity contribution in [1.29, 1.82) is 0 Å². The molecule has 0 spiro atoms. The SMILES string of the molecule is Cc1ccc(C)c(S(=O)(=O)NC(C)(CN)CC(C)C)c1[N+](=O)[O-]. The van der Waals surface area contributed by atoms with E-state index in [0.29, 0.717) is 17.5 Å². The van der Waals surface area contributed by atoms with Crippen LogP contribution in [0.15, 0.2) is 17.0 Å². The summed E-state index contributed by atoms with van der Waals surface area (Å²) in [6, 6.07) is 3.11. The number of rotatable bonds is 7. The lowest BCUT2D eigenvalue weighted by Crippen LogP contribution is -2.52. The number of nitrogens with one attached hydrogen (secondary N) is 1. The van der Waals surface area contributed by atoms with Gasteiger partial charge in [0.1, 0.15) is 0 Å². The number of hydrogen-bond acceptors (Lipinski definition) is 5. The van der Waals surface area contributed by atoms with E-state index in [4.69, 9.17) is 5.73 Å². The van der Waals surface area contributed by atoms with Gasteiger partial charge < -0.3 is 5.73 Å². The van der Waals surface area contributed by atoms with Crippen molar-refractivity contribution >= 4 is 15.7 Å². The standard InChI is InChI=1S/C15H25N3O4S/c1-10(2)8-15(5,9-16)17-23(21,22)14-12(4)7-6-11(3)13(14)18(19)20/h6-7,10,17H,8-9,16H2,1-5H3. The Labute approximate surface area is 137 Å². The van der Waals surface area contributed by atoms with E-state index < -0.39 is 20.5 Å². The van der Waals surface area contributed by atoms with Gasteiger partial charge in [-0.05, 0) is 38.7 Å². The maximum atomic E-state index is 12.8. The Kier molecular flexibility index (Phi) is 5.89. The number of hydrogen-bond donors (Lipinski definition) is 2. The molecule has 0 saturated carbocycles. The summed E-state index contributed by atoms with van der Waals surface area (Å²) in [5.41, 5.74) is 5.13. The van der Waals surface area contributed by atoms with Crippen molar-refractivity contribution in [2.45, 2.75) is 51.5 Å². The Bertz CT molecular complexity index is 701. The molecule has 0 aromatic heterocycles. The molecule has 7 nitrogen and oxygen atoms in total. The summed E-state index contributed by atoms with van der Waals surface area (Å²) < 4.78 is 28.2. The van der Waals surface area contributed by atoms with Gasteiger partial charge in [-0.1, -0.05) is 26.0 Å². The lowest BCUT2D eigenvalue weighted by Gasteiger charge is -2.31. The molecule has 0 aliphatic carbocycles. The number of nitrogens with zero attached hydrogens (tertiary/aromatic N) is 1. The third kappa shape index (κ3) is 4.49. The van der Waals surface area contributed by atoms with E-state index >= 15 is 0 Å². The summed E-state index contributed by atoms with van der Waals surface area (Å²) in [6.45, 7) is 8.80. The van der Waals surface area contributed by atoms with E-state index in [1.54, 1.807) is 26.0 Å². The molecule has 130 valence electrons. The van der Waals surface area contributed by atoms with Crippen LogP contribution >= 0.6 is 0 Å². The summed E-state index contributed by atoms with van der Waals surface area (Å²) in [6.07, 6.45) is 0.529. The second-order valence-electron chi connectivity index (χ2n) is 6.60. The van der Waals surface area contributed by atoms with E-state index in [9.17, 15) is 18.5 Å². The van der Waals surface area contributed by atoms with Gasteiger partial charge in [-0.25, -0.2) is 13.1 Å². The normalized spacial score (nSPS) is 14.7. The van der Waals surface area contributed by atoms with Crippen LogP contribution in [0.3, 0.4) is 0 Å². The molecule has 1 rings (SSSR count). The zero-order valence-corrected chi connectivity index (χ0v) is 15.0. The first-order valence-corrected chi connectivity index (χ1v) is 8.90. The summed E-state index contributed by atoms with van der Waals surface area (Å²) in [5.74, 6) is 0.222. The largest absolute Gasteiger partial charge is 0.329 e. The molecule has 8 heteroatoms. The Morgan fingerprint density at radius 3 is 2.26 bits per heavy atom. The lowest BCUT2D eigenvalue weighted by atomic mass is 9.92. The molecule has 0 aliphatic heterocycles. The third-order valence-corrected chi connectivity index (χ3v) is 5.49. The summed E-state index contributed by atoms with van der Waals surface area (Å²) >= 11 is 0. The molecule has 0 amide bonds. The van der Waals surface area contributed by atoms with Crippen molar-refractivity contribution < 1.29 is 13.3 Å². The van der Waals surface area contributed by atoms with Gasteiger partial charge in [0.2, 0.25) is 10.0 Å². The second-order valence-corrected chi connectivity index (χ2v) is 8.22. The fourth-order valence-corrected chi connectivity index (χ4v) is 4.68. The maximum Gasteiger partial charge on any atom is 0.292 e. The van der Waals surface area contributed by atoms with Crippen molar-refractivity contribution in [3.05, 3.63) is 33.4 Å². The molecule has 0 aliphatic rings. The average Bonchev–Trinajstić information content (AvgIpc) is 2.38. The zero-order chi connectivity index (χ0) is 18.0. The predicted molar refractivity (Wildman–Crippen MR) is 89.8 cm³/mol. The van der Waals surface area contributed by atoms with Crippen LogP contribution in [0.4, 0.5) is 5.69 Å². The van der Waals surface area contributed by atoms with Crippen LogP contribution in [0.1, 0.15) is 38.3 Å². The lowest BCUT2D eigenvalue weighted by molar-refractivity contribution is -0.388. The fraction of sp³-hybridized carbons (Fsp3) is 0.600. The van der Waals surface area contributed by atoms with Crippen LogP contribution in [-0.4, -0.2) is 25.4 Å². The van der Waals surface area contributed by atoms with Crippen molar-refractivity contribution in [2.24, 2.45) is 11.7 Å². The summed E-state index contributed by atoms with van der Waals surface area (Å²) in [4.78, 5) is 10.4. The van der Waals surface area contributed by atoms with Crippen molar-refractivity contribution in [1.82, 2.24) is 4.72 Å². The summed E-state index contributed by atoms with van der Waals surface area (Å²) in [7, 11) is -4.08. The highest BCUT2D eigenvalue weighted by Crippen LogP contribution is 2.31. The van der Waals surface area contributed by atoms with E-state index in [1.165, 1.54) is 6.92 Å². The highest BCUT2D eigenvalue weighted by molar-refractivity contribution is 7.89. The van der Waals surface area contributed by atoms with Crippen LogP contribution in [0.2, 0.25) is 0 Å². The van der Waals surface area contributed by atoms with Gasteiger partial charge in [0.25, 0.3) is 5.69 Å². The Balaban J connectivity index is 3.45. The molecular weight excluding hydrogens is 318 g/mol. The van der Waals surface area contributed by atoms with E-state index in [-0.39, 0.29) is 23.0 Å². The molecular formula is C15H25N3O4S. The van der Waals surface area contributed by atoms with E-state index in [0.717, 1.165) is 0 Å². The highest BCUT2D eigenvalue weighted by atomic mass is 32.2. The van der Waals surface area contributed by atoms with Gasteiger partial charge in [-0.15, -0.1) is 0 Å². The van der Waals surface area contributed by atoms with E-state index in [2.05, 4.69) is 4.72 Å². The fourth-order valence-electron chi connectivity index (χ4n) is 2.78. The highest BCUT2D eigenvalue weighted by Gasteiger charge is 2.36. The van der Waals surface area contributed by atoms with Crippen molar-refractivity contribution in [3.8, 4) is 0 Å². The monoisotopic (exact) mass is 343 g/mol. The smallest absolute Gasteiger partial charge is 0.292 e. The Morgan fingerprint density at radius 1 is 1.30 bits per heavy atom. The van der Waals surface area contributed by atoms with Crippen LogP contribution in [0, 0.1) is 29.9 Å². The molecule has 0 saturated heterocycles. The third-order valence-electron chi connectivity index (χ3n) is 3.67. The van der Waals surface area contributed by atoms with Gasteiger partial charge in [-0.3, -0.25) is 10.1 Å². The number of aryl methyl sites for hydroxylation is 2. The first kappa shape index (κ1) is 19.5. The van der Waals surface area contributed by atoms with Crippen LogP contribution in [-0.2, 0) is 10.0 Å². The molecule has 3 N–H and O–H groups in total. The maximum absolute atomic E-state index is 12.8. The quantitative estimate of drug-likeness (QED) is 0.582. The molecule has 0 bridgehead atoms. The van der Waals surface area contributed by atoms with Crippen LogP contribution in [0.5, 0.6) is 0 Å².